The van der Waals surface area contributed by atoms with E-state index in [0.717, 1.165) is 11.8 Å². The highest BCUT2D eigenvalue weighted by Gasteiger charge is 2.56. The van der Waals surface area contributed by atoms with Gasteiger partial charge in [-0.1, -0.05) is 42.5 Å². The molecule has 10 heteroatoms. The number of nitrogens with zero attached hydrogens (tertiary/aromatic N) is 1. The molecule has 10 nitrogen and oxygen atoms in total. The average Bonchev–Trinajstić information content (AvgIpc) is 2.75. The Balaban J connectivity index is 1.83. The van der Waals surface area contributed by atoms with Crippen LogP contribution in [0.4, 0.5) is 0 Å². The number of aliphatic carboxylic acids is 1. The van der Waals surface area contributed by atoms with Gasteiger partial charge >= 0.3 is 11.9 Å². The Kier molecular flexibility index (Phi) is 6.21. The topological polar surface area (TPSA) is 153 Å². The number of phenols is 1. The fraction of sp³-hybridized carbons (Fsp3) is 0.238. The Morgan fingerprint density at radius 1 is 1.03 bits per heavy atom. The number of ether oxygens (including phenoxy) is 1. The number of likely N-dealkylation sites (tertiary alicyclic amines) is 1. The molecule has 1 aliphatic rings. The van der Waals surface area contributed by atoms with E-state index >= 15 is 0 Å². The van der Waals surface area contributed by atoms with Crippen molar-refractivity contribution in [2.45, 2.75) is 31.3 Å². The van der Waals surface area contributed by atoms with Crippen LogP contribution in [0, 0.1) is 0 Å². The smallest absolute Gasteiger partial charge is 0.331 e. The standard InChI is InChI=1S/C21H20N2O8/c1-11(24)31-20-15(22-18(27)17(26)13-5-3-2-4-6-13)19(28)23(20)16(21(29)30)12-7-9-14(25)10-8-12/h2-10,15-17,20,25-26H,1H3,(H,22,27)(H,29,30)/t15-,16?,17?,20+/m0/s1. The lowest BCUT2D eigenvalue weighted by atomic mass is 9.95. The van der Waals surface area contributed by atoms with Crippen molar-refractivity contribution in [3.05, 3.63) is 65.7 Å². The zero-order chi connectivity index (χ0) is 22.7. The Morgan fingerprint density at radius 3 is 2.19 bits per heavy atom. The van der Waals surface area contributed by atoms with Crippen LogP contribution < -0.4 is 5.32 Å². The zero-order valence-corrected chi connectivity index (χ0v) is 16.3. The number of rotatable bonds is 7. The molecule has 1 saturated heterocycles. The Hall–Kier alpha value is -3.92. The van der Waals surface area contributed by atoms with Crippen LogP contribution >= 0.6 is 0 Å². The van der Waals surface area contributed by atoms with Crippen molar-refractivity contribution in [2.24, 2.45) is 0 Å². The number of esters is 1. The maximum Gasteiger partial charge on any atom is 0.331 e. The first-order chi connectivity index (χ1) is 14.7. The van der Waals surface area contributed by atoms with Crippen molar-refractivity contribution in [1.29, 1.82) is 0 Å². The second kappa shape index (κ2) is 8.84. The third kappa shape index (κ3) is 4.48. The van der Waals surface area contributed by atoms with E-state index in [1.54, 1.807) is 18.2 Å². The van der Waals surface area contributed by atoms with E-state index in [1.807, 2.05) is 0 Å². The van der Waals surface area contributed by atoms with E-state index in [4.69, 9.17) is 4.74 Å². The summed E-state index contributed by atoms with van der Waals surface area (Å²) < 4.78 is 5.10. The first kappa shape index (κ1) is 21.8. The van der Waals surface area contributed by atoms with E-state index < -0.39 is 48.2 Å². The van der Waals surface area contributed by atoms with Crippen molar-refractivity contribution in [3.63, 3.8) is 0 Å². The number of carboxylic acids is 1. The number of hydrogen-bond acceptors (Lipinski definition) is 7. The summed E-state index contributed by atoms with van der Waals surface area (Å²) in [5.74, 6) is -4.00. The molecular formula is C21H20N2O8. The SMILES string of the molecule is CC(=O)O[C@@H]1[C@@H](NC(=O)C(O)c2ccccc2)C(=O)N1C(C(=O)O)c1ccc(O)cc1. The number of benzene rings is 2. The van der Waals surface area contributed by atoms with Crippen molar-refractivity contribution >= 4 is 23.8 Å². The molecule has 0 spiro atoms. The highest BCUT2D eigenvalue weighted by molar-refractivity contribution is 5.97. The number of nitrogens with one attached hydrogen (secondary N) is 1. The minimum absolute atomic E-state index is 0.0978. The van der Waals surface area contributed by atoms with E-state index in [9.17, 15) is 34.5 Å². The van der Waals surface area contributed by atoms with E-state index in [0.29, 0.717) is 5.56 Å². The van der Waals surface area contributed by atoms with Gasteiger partial charge in [-0.05, 0) is 23.3 Å². The van der Waals surface area contributed by atoms with Gasteiger partial charge in [-0.3, -0.25) is 19.3 Å². The summed E-state index contributed by atoms with van der Waals surface area (Å²) in [6, 6.07) is 10.2. The minimum atomic E-state index is -1.58. The number of carbonyl (C=O) groups excluding carboxylic acids is 3. The number of carboxylic acid groups (broad SMARTS) is 1. The number of aliphatic hydroxyl groups excluding tert-OH is 1. The molecule has 2 amide bonds. The highest BCUT2D eigenvalue weighted by Crippen LogP contribution is 2.34. The Morgan fingerprint density at radius 2 is 1.65 bits per heavy atom. The summed E-state index contributed by atoms with van der Waals surface area (Å²) in [5, 5.41) is 31.6. The Labute approximate surface area is 176 Å². The molecule has 0 radical (unpaired) electrons. The number of carbonyl (C=O) groups is 4. The van der Waals surface area contributed by atoms with Crippen LogP contribution in [0.25, 0.3) is 0 Å². The molecule has 1 fully saturated rings. The Bertz CT molecular complexity index is 992. The van der Waals surface area contributed by atoms with Gasteiger partial charge in [0.25, 0.3) is 11.8 Å². The normalized spacial score (nSPS) is 19.7. The van der Waals surface area contributed by atoms with Crippen molar-refractivity contribution in [3.8, 4) is 5.75 Å². The summed E-state index contributed by atoms with van der Waals surface area (Å²) in [6.45, 7) is 1.08. The summed E-state index contributed by atoms with van der Waals surface area (Å²) in [6.07, 6.45) is -2.97. The van der Waals surface area contributed by atoms with E-state index in [-0.39, 0.29) is 11.3 Å². The number of aromatic hydroxyl groups is 1. The fourth-order valence-corrected chi connectivity index (χ4v) is 3.29. The lowest BCUT2D eigenvalue weighted by Crippen LogP contribution is -2.73. The fourth-order valence-electron chi connectivity index (χ4n) is 3.29. The second-order valence-electron chi connectivity index (χ2n) is 6.88. The minimum Gasteiger partial charge on any atom is -0.508 e. The molecule has 1 heterocycles. The quantitative estimate of drug-likeness (QED) is 0.367. The lowest BCUT2D eigenvalue weighted by Gasteiger charge is -2.48. The number of aliphatic hydroxyl groups is 1. The molecule has 0 bridgehead atoms. The second-order valence-corrected chi connectivity index (χ2v) is 6.88. The van der Waals surface area contributed by atoms with Gasteiger partial charge < -0.3 is 25.4 Å². The number of hydrogen-bond donors (Lipinski definition) is 4. The number of phenolic OH excluding ortho intramolecular Hbond substituents is 1. The summed E-state index contributed by atoms with van der Waals surface area (Å²) in [7, 11) is 0. The monoisotopic (exact) mass is 428 g/mol. The van der Waals surface area contributed by atoms with Crippen molar-refractivity contribution in [2.75, 3.05) is 0 Å². The number of β-lactam (4-membered cyclic amide) rings is 1. The van der Waals surface area contributed by atoms with Gasteiger partial charge in [0, 0.05) is 6.92 Å². The molecule has 4 N–H and O–H groups in total. The molecule has 0 aromatic heterocycles. The van der Waals surface area contributed by atoms with Gasteiger partial charge in [0.15, 0.2) is 18.2 Å². The maximum absolute atomic E-state index is 12.8. The molecule has 0 saturated carbocycles. The third-order valence-electron chi connectivity index (χ3n) is 4.75. The van der Waals surface area contributed by atoms with Crippen LogP contribution in [0.15, 0.2) is 54.6 Å². The molecule has 2 aromatic rings. The van der Waals surface area contributed by atoms with Crippen LogP contribution in [0.1, 0.15) is 30.2 Å². The molecule has 162 valence electrons. The van der Waals surface area contributed by atoms with Gasteiger partial charge in [-0.2, -0.15) is 0 Å². The van der Waals surface area contributed by atoms with Crippen molar-refractivity contribution < 1.29 is 39.2 Å². The van der Waals surface area contributed by atoms with Gasteiger partial charge in [-0.25, -0.2) is 4.79 Å². The summed E-state index contributed by atoms with van der Waals surface area (Å²) in [4.78, 5) is 49.5. The largest absolute Gasteiger partial charge is 0.508 e. The van der Waals surface area contributed by atoms with Crippen LogP contribution in [0.5, 0.6) is 5.75 Å². The average molecular weight is 428 g/mol. The summed E-state index contributed by atoms with van der Waals surface area (Å²) >= 11 is 0. The molecular weight excluding hydrogens is 408 g/mol. The molecule has 2 unspecified atom stereocenters. The first-order valence-electron chi connectivity index (χ1n) is 9.25. The number of amides is 2. The van der Waals surface area contributed by atoms with Crippen LogP contribution in [0.2, 0.25) is 0 Å². The van der Waals surface area contributed by atoms with E-state index in [2.05, 4.69) is 5.32 Å². The zero-order valence-electron chi connectivity index (χ0n) is 16.3. The predicted molar refractivity (Wildman–Crippen MR) is 104 cm³/mol. The van der Waals surface area contributed by atoms with Gasteiger partial charge in [-0.15, -0.1) is 0 Å². The molecule has 1 aliphatic heterocycles. The summed E-state index contributed by atoms with van der Waals surface area (Å²) in [5.41, 5.74) is 0.449. The molecule has 2 aromatic carbocycles. The molecule has 4 atom stereocenters. The van der Waals surface area contributed by atoms with Crippen LogP contribution in [0.3, 0.4) is 0 Å². The van der Waals surface area contributed by atoms with Gasteiger partial charge in [0.2, 0.25) is 6.23 Å². The molecule has 3 rings (SSSR count). The maximum atomic E-state index is 12.8. The van der Waals surface area contributed by atoms with Gasteiger partial charge in [0.1, 0.15) is 5.75 Å². The molecule has 0 aliphatic carbocycles. The predicted octanol–water partition coefficient (Wildman–Crippen LogP) is 0.468. The first-order valence-corrected chi connectivity index (χ1v) is 9.25. The van der Waals surface area contributed by atoms with E-state index in [1.165, 1.54) is 36.4 Å². The third-order valence-corrected chi connectivity index (χ3v) is 4.75. The van der Waals surface area contributed by atoms with Crippen LogP contribution in [-0.2, 0) is 23.9 Å². The van der Waals surface area contributed by atoms with Crippen LogP contribution in [-0.4, -0.2) is 56.2 Å². The molecule has 31 heavy (non-hydrogen) atoms. The van der Waals surface area contributed by atoms with Crippen molar-refractivity contribution in [1.82, 2.24) is 10.2 Å². The lowest BCUT2D eigenvalue weighted by molar-refractivity contribution is -0.201. The highest BCUT2D eigenvalue weighted by atomic mass is 16.6. The van der Waals surface area contributed by atoms with Gasteiger partial charge in [0.05, 0.1) is 0 Å².